The third-order valence-corrected chi connectivity index (χ3v) is 3.15. The molecule has 0 unspecified atom stereocenters. The van der Waals surface area contributed by atoms with Crippen LogP contribution < -0.4 is 11.1 Å². The molecule has 2 heterocycles. The van der Waals surface area contributed by atoms with Crippen molar-refractivity contribution in [3.05, 3.63) is 35.6 Å². The topological polar surface area (TPSA) is 81.7 Å². The average Bonchev–Trinajstić information content (AvgIpc) is 2.82. The van der Waals surface area contributed by atoms with Crippen LogP contribution in [0.15, 0.2) is 30.6 Å². The van der Waals surface area contributed by atoms with Crippen LogP contribution in [0, 0.1) is 0 Å². The van der Waals surface area contributed by atoms with Gasteiger partial charge in [0.1, 0.15) is 5.52 Å². The summed E-state index contributed by atoms with van der Waals surface area (Å²) >= 11 is 5.95. The maximum Gasteiger partial charge on any atom is 0.231 e. The average molecular weight is 289 g/mol. The number of aromatic nitrogens is 4. The summed E-state index contributed by atoms with van der Waals surface area (Å²) in [6.45, 7) is 2.78. The quantitative estimate of drug-likeness (QED) is 0.774. The van der Waals surface area contributed by atoms with E-state index in [9.17, 15) is 0 Å². The maximum absolute atomic E-state index is 5.95. The lowest BCUT2D eigenvalue weighted by molar-refractivity contribution is 0.778. The summed E-state index contributed by atoms with van der Waals surface area (Å²) in [5, 5.41) is 3.73. The molecule has 0 saturated heterocycles. The smallest absolute Gasteiger partial charge is 0.231 e. The van der Waals surface area contributed by atoms with Gasteiger partial charge in [0.05, 0.1) is 6.33 Å². The summed E-state index contributed by atoms with van der Waals surface area (Å²) in [5.41, 5.74) is 8.05. The van der Waals surface area contributed by atoms with E-state index < -0.39 is 0 Å². The molecule has 20 heavy (non-hydrogen) atoms. The monoisotopic (exact) mass is 288 g/mol. The molecule has 3 N–H and O–H groups in total. The first-order valence-electron chi connectivity index (χ1n) is 6.18. The Kier molecular flexibility index (Phi) is 3.15. The minimum Gasteiger partial charge on any atom is -0.382 e. The fourth-order valence-corrected chi connectivity index (χ4v) is 2.14. The van der Waals surface area contributed by atoms with E-state index in [1.54, 1.807) is 18.5 Å². The normalized spacial score (nSPS) is 10.9. The van der Waals surface area contributed by atoms with Gasteiger partial charge in [-0.1, -0.05) is 17.7 Å². The van der Waals surface area contributed by atoms with Gasteiger partial charge < -0.3 is 15.6 Å². The zero-order valence-corrected chi connectivity index (χ0v) is 11.6. The van der Waals surface area contributed by atoms with Crippen LogP contribution in [0.5, 0.6) is 0 Å². The van der Waals surface area contributed by atoms with Gasteiger partial charge in [-0.3, -0.25) is 0 Å². The first kappa shape index (κ1) is 12.7. The van der Waals surface area contributed by atoms with Crippen molar-refractivity contribution in [1.29, 1.82) is 0 Å². The fraction of sp³-hybridized carbons (Fsp3) is 0.154. The molecule has 0 aliphatic carbocycles. The van der Waals surface area contributed by atoms with Gasteiger partial charge in [0.15, 0.2) is 11.5 Å². The number of halogens is 1. The van der Waals surface area contributed by atoms with E-state index in [0.717, 1.165) is 12.2 Å². The molecule has 7 heteroatoms. The van der Waals surface area contributed by atoms with Crippen LogP contribution in [0.4, 0.5) is 17.5 Å². The van der Waals surface area contributed by atoms with Crippen molar-refractivity contribution in [2.45, 2.75) is 13.5 Å². The van der Waals surface area contributed by atoms with Crippen molar-refractivity contribution < 1.29 is 0 Å². The van der Waals surface area contributed by atoms with E-state index in [1.165, 1.54) is 0 Å². The van der Waals surface area contributed by atoms with Crippen molar-refractivity contribution in [1.82, 2.24) is 19.5 Å². The lowest BCUT2D eigenvalue weighted by Gasteiger charge is -2.07. The molecular weight excluding hydrogens is 276 g/mol. The fourth-order valence-electron chi connectivity index (χ4n) is 1.95. The molecule has 0 saturated carbocycles. The van der Waals surface area contributed by atoms with Gasteiger partial charge in [-0.2, -0.15) is 9.97 Å². The summed E-state index contributed by atoms with van der Waals surface area (Å²) in [4.78, 5) is 12.9. The minimum absolute atomic E-state index is 0.353. The Hall–Kier alpha value is -2.34. The zero-order valence-electron chi connectivity index (χ0n) is 10.8. The number of benzene rings is 1. The van der Waals surface area contributed by atoms with Gasteiger partial charge in [0.25, 0.3) is 0 Å². The summed E-state index contributed by atoms with van der Waals surface area (Å²) in [6.07, 6.45) is 1.71. The molecule has 0 amide bonds. The number of fused-ring (bicyclic) bond motifs is 1. The third kappa shape index (κ3) is 2.25. The number of nitrogens with two attached hydrogens (primary N) is 1. The second kappa shape index (κ2) is 4.97. The Morgan fingerprint density at radius 1 is 1.35 bits per heavy atom. The predicted molar refractivity (Wildman–Crippen MR) is 80.1 cm³/mol. The molecule has 3 aromatic rings. The standard InChI is InChI=1S/C13H13ClN6/c1-2-20-7-16-10-11(15)18-13(19-12(10)20)17-9-5-3-4-8(14)6-9/h3-7H,2H2,1H3,(H3,15,17,18,19). The SMILES string of the molecule is CCn1cnc2c(N)nc(Nc3cccc(Cl)c3)nc21. The Morgan fingerprint density at radius 2 is 2.20 bits per heavy atom. The lowest BCUT2D eigenvalue weighted by atomic mass is 10.3. The summed E-state index contributed by atoms with van der Waals surface area (Å²) in [7, 11) is 0. The number of nitrogen functional groups attached to an aromatic ring is 1. The van der Waals surface area contributed by atoms with Crippen molar-refractivity contribution >= 4 is 40.2 Å². The number of anilines is 3. The third-order valence-electron chi connectivity index (χ3n) is 2.91. The predicted octanol–water partition coefficient (Wildman–Crippen LogP) is 2.83. The Labute approximate surface area is 120 Å². The van der Waals surface area contributed by atoms with Gasteiger partial charge in [0, 0.05) is 17.3 Å². The van der Waals surface area contributed by atoms with E-state index in [2.05, 4.69) is 20.3 Å². The van der Waals surface area contributed by atoms with Crippen LogP contribution in [0.1, 0.15) is 6.92 Å². The Morgan fingerprint density at radius 3 is 2.95 bits per heavy atom. The molecule has 6 nitrogen and oxygen atoms in total. The van der Waals surface area contributed by atoms with Crippen molar-refractivity contribution in [3.8, 4) is 0 Å². The van der Waals surface area contributed by atoms with E-state index in [1.807, 2.05) is 23.6 Å². The molecule has 0 aliphatic rings. The molecule has 0 aliphatic heterocycles. The van der Waals surface area contributed by atoms with E-state index in [-0.39, 0.29) is 0 Å². The Bertz CT molecular complexity index is 767. The number of aryl methyl sites for hydroxylation is 1. The van der Waals surface area contributed by atoms with Crippen LogP contribution in [0.25, 0.3) is 11.2 Å². The van der Waals surface area contributed by atoms with Crippen molar-refractivity contribution in [2.75, 3.05) is 11.1 Å². The number of nitrogens with one attached hydrogen (secondary N) is 1. The van der Waals surface area contributed by atoms with Crippen LogP contribution in [-0.4, -0.2) is 19.5 Å². The summed E-state index contributed by atoms with van der Waals surface area (Å²) < 4.78 is 1.91. The molecular formula is C13H13ClN6. The highest BCUT2D eigenvalue weighted by atomic mass is 35.5. The van der Waals surface area contributed by atoms with Gasteiger partial charge in [-0.05, 0) is 25.1 Å². The largest absolute Gasteiger partial charge is 0.382 e. The molecule has 0 spiro atoms. The number of nitrogens with zero attached hydrogens (tertiary/aromatic N) is 4. The van der Waals surface area contributed by atoms with E-state index in [4.69, 9.17) is 17.3 Å². The molecule has 3 rings (SSSR count). The molecule has 102 valence electrons. The van der Waals surface area contributed by atoms with Gasteiger partial charge >= 0.3 is 0 Å². The highest BCUT2D eigenvalue weighted by molar-refractivity contribution is 6.30. The van der Waals surface area contributed by atoms with Crippen LogP contribution in [-0.2, 0) is 6.54 Å². The number of rotatable bonds is 3. The highest BCUT2D eigenvalue weighted by Gasteiger charge is 2.10. The molecule has 0 fully saturated rings. The summed E-state index contributed by atoms with van der Waals surface area (Å²) in [6, 6.07) is 7.33. The van der Waals surface area contributed by atoms with E-state index in [0.29, 0.717) is 28.0 Å². The second-order valence-corrected chi connectivity index (χ2v) is 4.71. The first-order valence-corrected chi connectivity index (χ1v) is 6.56. The number of hydrogen-bond donors (Lipinski definition) is 2. The molecule has 0 atom stereocenters. The molecule has 2 aromatic heterocycles. The maximum atomic E-state index is 5.95. The van der Waals surface area contributed by atoms with Crippen LogP contribution in [0.3, 0.4) is 0 Å². The second-order valence-electron chi connectivity index (χ2n) is 4.27. The van der Waals surface area contributed by atoms with Crippen molar-refractivity contribution in [2.24, 2.45) is 0 Å². The van der Waals surface area contributed by atoms with Gasteiger partial charge in [0.2, 0.25) is 5.95 Å². The number of imidazole rings is 1. The van der Waals surface area contributed by atoms with Crippen LogP contribution in [0.2, 0.25) is 5.02 Å². The van der Waals surface area contributed by atoms with Gasteiger partial charge in [-0.25, -0.2) is 4.98 Å². The Balaban J connectivity index is 2.03. The molecule has 1 aromatic carbocycles. The number of hydrogen-bond acceptors (Lipinski definition) is 5. The molecule has 0 bridgehead atoms. The first-order chi connectivity index (χ1) is 9.67. The minimum atomic E-state index is 0.353. The lowest BCUT2D eigenvalue weighted by Crippen LogP contribution is -2.03. The highest BCUT2D eigenvalue weighted by Crippen LogP contribution is 2.22. The van der Waals surface area contributed by atoms with Crippen molar-refractivity contribution in [3.63, 3.8) is 0 Å². The van der Waals surface area contributed by atoms with Gasteiger partial charge in [-0.15, -0.1) is 0 Å². The van der Waals surface area contributed by atoms with E-state index >= 15 is 0 Å². The summed E-state index contributed by atoms with van der Waals surface area (Å²) in [5.74, 6) is 0.777. The van der Waals surface area contributed by atoms with Crippen LogP contribution >= 0.6 is 11.6 Å². The molecule has 0 radical (unpaired) electrons. The zero-order chi connectivity index (χ0) is 14.1.